The second kappa shape index (κ2) is 12.5. The lowest BCUT2D eigenvalue weighted by Crippen LogP contribution is -2.41. The van der Waals surface area contributed by atoms with Gasteiger partial charge in [-0.1, -0.05) is 50.3 Å². The zero-order valence-corrected chi connectivity index (χ0v) is 23.4. The van der Waals surface area contributed by atoms with Crippen LogP contribution in [-0.4, -0.2) is 52.0 Å². The Morgan fingerprint density at radius 1 is 1.02 bits per heavy atom. The molecular formula is C31H41F3N4O2. The zero-order chi connectivity index (χ0) is 28.3. The molecule has 6 nitrogen and oxygen atoms in total. The summed E-state index contributed by atoms with van der Waals surface area (Å²) in [5, 5.41) is 7.64. The number of halogens is 3. The minimum absolute atomic E-state index is 0.0309. The number of carbonyl (C=O) groups excluding carboxylic acids is 2. The molecular weight excluding hydrogens is 517 g/mol. The molecule has 2 aromatic rings. The van der Waals surface area contributed by atoms with E-state index in [9.17, 15) is 22.8 Å². The first kappa shape index (κ1) is 28.8. The van der Waals surface area contributed by atoms with Crippen molar-refractivity contribution in [3.8, 4) is 11.3 Å². The number of benzene rings is 1. The summed E-state index contributed by atoms with van der Waals surface area (Å²) in [4.78, 5) is 28.8. The van der Waals surface area contributed by atoms with E-state index < -0.39 is 17.6 Å². The van der Waals surface area contributed by atoms with Gasteiger partial charge in [-0.25, -0.2) is 0 Å². The molecule has 40 heavy (non-hydrogen) atoms. The largest absolute Gasteiger partial charge is 0.417 e. The Kier molecular flexibility index (Phi) is 8.98. The zero-order valence-electron chi connectivity index (χ0n) is 23.4. The van der Waals surface area contributed by atoms with Crippen LogP contribution in [-0.2, 0) is 11.0 Å². The predicted octanol–water partition coefficient (Wildman–Crippen LogP) is 6.81. The van der Waals surface area contributed by atoms with Crippen molar-refractivity contribution >= 4 is 11.7 Å². The normalized spacial score (nSPS) is 19.7. The van der Waals surface area contributed by atoms with Crippen molar-refractivity contribution in [2.45, 2.75) is 108 Å². The van der Waals surface area contributed by atoms with Gasteiger partial charge in [-0.2, -0.15) is 18.3 Å². The van der Waals surface area contributed by atoms with Crippen LogP contribution >= 0.6 is 0 Å². The van der Waals surface area contributed by atoms with Gasteiger partial charge in [0.05, 0.1) is 17.3 Å². The van der Waals surface area contributed by atoms with Crippen LogP contribution in [0.4, 0.5) is 13.2 Å². The second-order valence-electron chi connectivity index (χ2n) is 12.0. The summed E-state index contributed by atoms with van der Waals surface area (Å²) in [6, 6.07) is 7.13. The summed E-state index contributed by atoms with van der Waals surface area (Å²) >= 11 is 0. The van der Waals surface area contributed by atoms with Crippen LogP contribution in [0.25, 0.3) is 11.3 Å². The van der Waals surface area contributed by atoms with Gasteiger partial charge in [0.1, 0.15) is 5.78 Å². The van der Waals surface area contributed by atoms with E-state index in [1.807, 2.05) is 0 Å². The molecule has 0 radical (unpaired) electrons. The highest BCUT2D eigenvalue weighted by molar-refractivity contribution is 5.94. The third-order valence-corrected chi connectivity index (χ3v) is 9.27. The van der Waals surface area contributed by atoms with Gasteiger partial charge in [0.25, 0.3) is 5.91 Å². The van der Waals surface area contributed by atoms with Crippen molar-refractivity contribution in [1.29, 1.82) is 0 Å². The van der Waals surface area contributed by atoms with E-state index in [-0.39, 0.29) is 41.5 Å². The van der Waals surface area contributed by atoms with E-state index in [2.05, 4.69) is 22.4 Å². The molecule has 3 fully saturated rings. The Morgan fingerprint density at radius 3 is 2.35 bits per heavy atom. The summed E-state index contributed by atoms with van der Waals surface area (Å²) < 4.78 is 43.4. The average molecular weight is 559 g/mol. The molecule has 1 N–H and O–H groups in total. The van der Waals surface area contributed by atoms with Crippen molar-refractivity contribution in [2.24, 2.45) is 5.92 Å². The van der Waals surface area contributed by atoms with Crippen LogP contribution in [0.2, 0.25) is 0 Å². The van der Waals surface area contributed by atoms with Gasteiger partial charge in [-0.3, -0.25) is 14.3 Å². The highest BCUT2D eigenvalue weighted by atomic mass is 19.4. The van der Waals surface area contributed by atoms with Crippen molar-refractivity contribution < 1.29 is 22.8 Å². The Labute approximate surface area is 234 Å². The number of rotatable bonds is 11. The standard InChI is InChI=1S/C31H41F3N4O2/c1-37(23-11-2-3-12-23)18-17-22(19-29(39)21-9-8-10-21)35-30(40)27-20-28(38(36-27)24-13-4-5-14-24)25-15-6-7-16-26(25)31(32,33)34/h6-7,15-16,20-24H,2-5,8-14,17-19H2,1H3,(H,35,40)/t22-/m0/s1. The highest BCUT2D eigenvalue weighted by Gasteiger charge is 2.36. The van der Waals surface area contributed by atoms with E-state index in [1.165, 1.54) is 43.9 Å². The molecule has 0 unspecified atom stereocenters. The maximum Gasteiger partial charge on any atom is 0.417 e. The second-order valence-corrected chi connectivity index (χ2v) is 12.0. The molecule has 3 aliphatic carbocycles. The SMILES string of the molecule is CN(CC[C@@H](CC(=O)C1CCC1)NC(=O)c1cc(-c2ccccc2C(F)(F)F)n(C2CCCC2)n1)C1CCCC1. The van der Waals surface area contributed by atoms with Crippen molar-refractivity contribution in [1.82, 2.24) is 20.0 Å². The van der Waals surface area contributed by atoms with Crippen LogP contribution in [0.5, 0.6) is 0 Å². The first-order chi connectivity index (χ1) is 19.2. The lowest BCUT2D eigenvalue weighted by atomic mass is 9.80. The molecule has 1 amide bonds. The number of nitrogens with one attached hydrogen (secondary N) is 1. The number of hydrogen-bond donors (Lipinski definition) is 1. The molecule has 0 bridgehead atoms. The van der Waals surface area contributed by atoms with Crippen molar-refractivity contribution in [3.05, 3.63) is 41.6 Å². The molecule has 0 aliphatic heterocycles. The maximum absolute atomic E-state index is 13.9. The molecule has 9 heteroatoms. The smallest absolute Gasteiger partial charge is 0.347 e. The number of nitrogens with zero attached hydrogens (tertiary/aromatic N) is 3. The number of aromatic nitrogens is 2. The lowest BCUT2D eigenvalue weighted by molar-refractivity contribution is -0.137. The predicted molar refractivity (Wildman–Crippen MR) is 148 cm³/mol. The maximum atomic E-state index is 13.9. The summed E-state index contributed by atoms with van der Waals surface area (Å²) in [5.74, 6) is -0.159. The first-order valence-electron chi connectivity index (χ1n) is 15.0. The van der Waals surface area contributed by atoms with E-state index in [4.69, 9.17) is 0 Å². The molecule has 1 atom stereocenters. The summed E-state index contributed by atoms with van der Waals surface area (Å²) in [6.45, 7) is 0.772. The fourth-order valence-corrected chi connectivity index (χ4v) is 6.60. The topological polar surface area (TPSA) is 67.2 Å². The monoisotopic (exact) mass is 558 g/mol. The Bertz CT molecular complexity index is 1180. The number of hydrogen-bond acceptors (Lipinski definition) is 4. The van der Waals surface area contributed by atoms with Crippen LogP contribution < -0.4 is 5.32 Å². The molecule has 0 spiro atoms. The molecule has 218 valence electrons. The van der Waals surface area contributed by atoms with E-state index in [1.54, 1.807) is 10.7 Å². The van der Waals surface area contributed by atoms with Gasteiger partial charge in [0.2, 0.25) is 0 Å². The van der Waals surface area contributed by atoms with Gasteiger partial charge in [-0.15, -0.1) is 0 Å². The van der Waals surface area contributed by atoms with E-state index in [0.29, 0.717) is 18.2 Å². The van der Waals surface area contributed by atoms with Crippen LogP contribution in [0.3, 0.4) is 0 Å². The van der Waals surface area contributed by atoms with Gasteiger partial charge >= 0.3 is 6.18 Å². The summed E-state index contributed by atoms with van der Waals surface area (Å²) in [6.07, 6.45) is 7.70. The molecule has 3 aliphatic rings. The van der Waals surface area contributed by atoms with E-state index >= 15 is 0 Å². The third-order valence-electron chi connectivity index (χ3n) is 9.27. The fraction of sp³-hybridized carbons (Fsp3) is 0.645. The van der Waals surface area contributed by atoms with Crippen LogP contribution in [0, 0.1) is 5.92 Å². The van der Waals surface area contributed by atoms with Crippen molar-refractivity contribution in [3.63, 3.8) is 0 Å². The number of carbonyl (C=O) groups is 2. The fourth-order valence-electron chi connectivity index (χ4n) is 6.60. The van der Waals surface area contributed by atoms with Crippen molar-refractivity contribution in [2.75, 3.05) is 13.6 Å². The number of alkyl halides is 3. The minimum atomic E-state index is -4.53. The Morgan fingerprint density at radius 2 is 1.70 bits per heavy atom. The first-order valence-corrected chi connectivity index (χ1v) is 15.0. The summed E-state index contributed by atoms with van der Waals surface area (Å²) in [5.41, 5.74) is -0.291. The Balaban J connectivity index is 1.38. The minimum Gasteiger partial charge on any atom is -0.347 e. The van der Waals surface area contributed by atoms with Crippen LogP contribution in [0.15, 0.2) is 30.3 Å². The quantitative estimate of drug-likeness (QED) is 0.329. The third kappa shape index (κ3) is 6.61. The Hall–Kier alpha value is -2.68. The molecule has 1 aromatic carbocycles. The molecule has 1 aromatic heterocycles. The van der Waals surface area contributed by atoms with Crippen LogP contribution in [0.1, 0.15) is 106 Å². The van der Waals surface area contributed by atoms with E-state index in [0.717, 1.165) is 57.6 Å². The number of Topliss-reactive ketones (excluding diaryl/α,β-unsaturated/α-hetero) is 1. The summed E-state index contributed by atoms with van der Waals surface area (Å²) in [7, 11) is 2.11. The van der Waals surface area contributed by atoms with Gasteiger partial charge in [0.15, 0.2) is 5.69 Å². The number of ketones is 1. The lowest BCUT2D eigenvalue weighted by Gasteiger charge is -2.29. The average Bonchev–Trinajstić information content (AvgIpc) is 3.66. The molecule has 0 saturated heterocycles. The molecule has 5 rings (SSSR count). The van der Waals surface area contributed by atoms with Gasteiger partial charge < -0.3 is 10.2 Å². The molecule has 3 saturated carbocycles. The molecule has 1 heterocycles. The van der Waals surface area contributed by atoms with Gasteiger partial charge in [-0.05, 0) is 64.1 Å². The highest BCUT2D eigenvalue weighted by Crippen LogP contribution is 2.40. The number of amides is 1. The van der Waals surface area contributed by atoms with Gasteiger partial charge in [0, 0.05) is 36.5 Å².